The largest absolute Gasteiger partial charge is 0.469 e. The maximum absolute atomic E-state index is 12.5. The minimum absolute atomic E-state index is 0.0287. The number of esters is 1. The zero-order chi connectivity index (χ0) is 19.1. The fourth-order valence-corrected chi connectivity index (χ4v) is 2.58. The summed E-state index contributed by atoms with van der Waals surface area (Å²) in [5.74, 6) is -0.618. The van der Waals surface area contributed by atoms with Crippen LogP contribution >= 0.6 is 0 Å². The summed E-state index contributed by atoms with van der Waals surface area (Å²) >= 11 is 0. The Bertz CT molecular complexity index is 689. The average molecular weight is 361 g/mol. The van der Waals surface area contributed by atoms with Crippen molar-refractivity contribution in [3.63, 3.8) is 0 Å². The van der Waals surface area contributed by atoms with E-state index in [1.807, 2.05) is 0 Å². The van der Waals surface area contributed by atoms with Crippen molar-refractivity contribution in [2.45, 2.75) is 12.8 Å². The number of rotatable bonds is 8. The van der Waals surface area contributed by atoms with E-state index in [1.165, 1.54) is 12.0 Å². The highest BCUT2D eigenvalue weighted by atomic mass is 16.5. The molecule has 3 amide bonds. The number of hydrogen-bond acceptors (Lipinski definition) is 5. The van der Waals surface area contributed by atoms with E-state index in [-0.39, 0.29) is 36.7 Å². The van der Waals surface area contributed by atoms with Gasteiger partial charge in [0, 0.05) is 37.3 Å². The third-order valence-corrected chi connectivity index (χ3v) is 4.03. The summed E-state index contributed by atoms with van der Waals surface area (Å²) in [6.07, 6.45) is 0.727. The molecular weight excluding hydrogens is 338 g/mol. The molecular formula is C17H23N5O4. The van der Waals surface area contributed by atoms with Gasteiger partial charge in [-0.15, -0.1) is 0 Å². The van der Waals surface area contributed by atoms with Crippen molar-refractivity contribution >= 4 is 29.4 Å². The number of nitrogens with two attached hydrogens (primary N) is 1. The summed E-state index contributed by atoms with van der Waals surface area (Å²) in [6.45, 7) is 1.25. The van der Waals surface area contributed by atoms with Crippen molar-refractivity contribution in [1.82, 2.24) is 10.2 Å². The fraction of sp³-hybridized carbons (Fsp3) is 0.412. The first-order valence-corrected chi connectivity index (χ1v) is 8.26. The molecule has 0 spiro atoms. The van der Waals surface area contributed by atoms with Crippen LogP contribution < -0.4 is 16.0 Å². The van der Waals surface area contributed by atoms with Gasteiger partial charge in [-0.25, -0.2) is 4.79 Å². The van der Waals surface area contributed by atoms with Crippen molar-refractivity contribution in [1.29, 1.82) is 5.41 Å². The predicted octanol–water partition coefficient (Wildman–Crippen LogP) is 0.282. The Hall–Kier alpha value is -3.10. The third kappa shape index (κ3) is 4.95. The zero-order valence-corrected chi connectivity index (χ0v) is 14.7. The van der Waals surface area contributed by atoms with Gasteiger partial charge in [0.05, 0.1) is 7.11 Å². The van der Waals surface area contributed by atoms with Crippen molar-refractivity contribution in [3.05, 3.63) is 29.8 Å². The molecule has 0 bridgehead atoms. The standard InChI is InChI=1S/C17H23N5O4/c1-26-15(24)3-2-8-20-14(23)11-21-9-10-22(17(21)25)13-6-4-12(5-7-13)16(18)19/h4-7H,2-3,8-11H2,1H3,(H3,18,19)(H,20,23). The van der Waals surface area contributed by atoms with Crippen LogP contribution in [0.15, 0.2) is 24.3 Å². The van der Waals surface area contributed by atoms with Crippen LogP contribution in [0.4, 0.5) is 10.5 Å². The summed E-state index contributed by atoms with van der Waals surface area (Å²) in [7, 11) is 1.32. The number of methoxy groups -OCH3 is 1. The first-order valence-electron chi connectivity index (χ1n) is 8.26. The monoisotopic (exact) mass is 361 g/mol. The minimum atomic E-state index is -0.319. The number of urea groups is 1. The maximum atomic E-state index is 12.5. The van der Waals surface area contributed by atoms with E-state index >= 15 is 0 Å². The molecule has 2 rings (SSSR count). The molecule has 9 heteroatoms. The smallest absolute Gasteiger partial charge is 0.325 e. The maximum Gasteiger partial charge on any atom is 0.325 e. The molecule has 1 saturated heterocycles. The van der Waals surface area contributed by atoms with Gasteiger partial charge in [-0.2, -0.15) is 0 Å². The number of nitrogen functional groups attached to an aromatic ring is 1. The highest BCUT2D eigenvalue weighted by molar-refractivity contribution is 5.98. The molecule has 0 aromatic heterocycles. The Morgan fingerprint density at radius 1 is 1.27 bits per heavy atom. The summed E-state index contributed by atoms with van der Waals surface area (Å²) in [6, 6.07) is 6.57. The van der Waals surface area contributed by atoms with Crippen molar-refractivity contribution in [2.75, 3.05) is 38.2 Å². The topological polar surface area (TPSA) is 129 Å². The molecule has 1 aliphatic rings. The summed E-state index contributed by atoms with van der Waals surface area (Å²) in [5, 5.41) is 10.1. The van der Waals surface area contributed by atoms with Gasteiger partial charge >= 0.3 is 12.0 Å². The number of amidine groups is 1. The summed E-state index contributed by atoms with van der Waals surface area (Å²) in [4.78, 5) is 38.4. The van der Waals surface area contributed by atoms with Crippen molar-refractivity contribution in [3.8, 4) is 0 Å². The van der Waals surface area contributed by atoms with Gasteiger partial charge in [-0.3, -0.25) is 19.9 Å². The van der Waals surface area contributed by atoms with Crippen LogP contribution in [0.25, 0.3) is 0 Å². The van der Waals surface area contributed by atoms with Gasteiger partial charge in [0.2, 0.25) is 5.91 Å². The van der Waals surface area contributed by atoms with Crippen LogP contribution in [0.3, 0.4) is 0 Å². The number of ether oxygens (including phenoxy) is 1. The van der Waals surface area contributed by atoms with E-state index in [9.17, 15) is 14.4 Å². The second kappa shape index (κ2) is 8.84. The van der Waals surface area contributed by atoms with Crippen molar-refractivity contribution in [2.24, 2.45) is 5.73 Å². The molecule has 1 heterocycles. The van der Waals surface area contributed by atoms with E-state index in [1.54, 1.807) is 29.2 Å². The number of carbonyl (C=O) groups is 3. The summed E-state index contributed by atoms with van der Waals surface area (Å²) < 4.78 is 4.52. The van der Waals surface area contributed by atoms with Gasteiger partial charge in [-0.05, 0) is 30.7 Å². The van der Waals surface area contributed by atoms with Gasteiger partial charge in [-0.1, -0.05) is 0 Å². The molecule has 1 aliphatic heterocycles. The molecule has 140 valence electrons. The van der Waals surface area contributed by atoms with E-state index in [0.29, 0.717) is 37.3 Å². The molecule has 0 radical (unpaired) electrons. The lowest BCUT2D eigenvalue weighted by Crippen LogP contribution is -2.40. The van der Waals surface area contributed by atoms with Crippen LogP contribution in [0, 0.1) is 5.41 Å². The van der Waals surface area contributed by atoms with E-state index in [0.717, 1.165) is 0 Å². The Labute approximate surface area is 151 Å². The number of amides is 3. The second-order valence-electron chi connectivity index (χ2n) is 5.85. The lowest BCUT2D eigenvalue weighted by molar-refractivity contribution is -0.140. The third-order valence-electron chi connectivity index (χ3n) is 4.03. The normalized spacial score (nSPS) is 13.7. The Morgan fingerprint density at radius 3 is 2.58 bits per heavy atom. The van der Waals surface area contributed by atoms with Crippen LogP contribution in [0.1, 0.15) is 18.4 Å². The SMILES string of the molecule is COC(=O)CCCNC(=O)CN1CCN(c2ccc(C(=N)N)cc2)C1=O. The van der Waals surface area contributed by atoms with E-state index in [2.05, 4.69) is 10.1 Å². The quantitative estimate of drug-likeness (QED) is 0.265. The van der Waals surface area contributed by atoms with Crippen LogP contribution in [0.2, 0.25) is 0 Å². The fourth-order valence-electron chi connectivity index (χ4n) is 2.58. The highest BCUT2D eigenvalue weighted by Crippen LogP contribution is 2.20. The molecule has 0 unspecified atom stereocenters. The number of nitrogens with one attached hydrogen (secondary N) is 2. The Balaban J connectivity index is 1.81. The lowest BCUT2D eigenvalue weighted by Gasteiger charge is -2.18. The molecule has 1 aromatic rings. The Morgan fingerprint density at radius 2 is 1.96 bits per heavy atom. The predicted molar refractivity (Wildman–Crippen MR) is 96.0 cm³/mol. The van der Waals surface area contributed by atoms with E-state index in [4.69, 9.17) is 11.1 Å². The average Bonchev–Trinajstić information content (AvgIpc) is 2.99. The van der Waals surface area contributed by atoms with Crippen LogP contribution in [0.5, 0.6) is 0 Å². The number of nitrogens with zero attached hydrogens (tertiary/aromatic N) is 2. The minimum Gasteiger partial charge on any atom is -0.469 e. The number of hydrogen-bond donors (Lipinski definition) is 3. The number of anilines is 1. The number of benzene rings is 1. The second-order valence-corrected chi connectivity index (χ2v) is 5.85. The number of carbonyl (C=O) groups excluding carboxylic acids is 3. The molecule has 0 atom stereocenters. The highest BCUT2D eigenvalue weighted by Gasteiger charge is 2.30. The van der Waals surface area contributed by atoms with Gasteiger partial charge in [0.25, 0.3) is 0 Å². The zero-order valence-electron chi connectivity index (χ0n) is 14.7. The van der Waals surface area contributed by atoms with Gasteiger partial charge in [0.1, 0.15) is 12.4 Å². The van der Waals surface area contributed by atoms with Crippen molar-refractivity contribution < 1.29 is 19.1 Å². The van der Waals surface area contributed by atoms with Gasteiger partial charge < -0.3 is 20.7 Å². The van der Waals surface area contributed by atoms with Gasteiger partial charge in [0.15, 0.2) is 0 Å². The molecule has 0 saturated carbocycles. The van der Waals surface area contributed by atoms with Crippen LogP contribution in [-0.2, 0) is 14.3 Å². The molecule has 9 nitrogen and oxygen atoms in total. The Kier molecular flexibility index (Phi) is 6.54. The van der Waals surface area contributed by atoms with Crippen LogP contribution in [-0.4, -0.2) is 61.9 Å². The molecule has 4 N–H and O–H groups in total. The summed E-state index contributed by atoms with van der Waals surface area (Å²) in [5.41, 5.74) is 6.70. The molecule has 1 aromatic carbocycles. The molecule has 1 fully saturated rings. The van der Waals surface area contributed by atoms with E-state index < -0.39 is 0 Å². The molecule has 0 aliphatic carbocycles. The first-order chi connectivity index (χ1) is 12.4. The molecule has 26 heavy (non-hydrogen) atoms. The lowest BCUT2D eigenvalue weighted by atomic mass is 10.2. The first kappa shape index (κ1) is 19.2.